The number of fused-ring (bicyclic) bond motifs is 1. The predicted octanol–water partition coefficient (Wildman–Crippen LogP) is 6.56. The molecule has 0 saturated carbocycles. The lowest BCUT2D eigenvalue weighted by atomic mass is 10.1. The van der Waals surface area contributed by atoms with E-state index in [9.17, 15) is 0 Å². The highest BCUT2D eigenvalue weighted by Crippen LogP contribution is 2.44. The van der Waals surface area contributed by atoms with Crippen LogP contribution in [0.4, 0.5) is 0 Å². The van der Waals surface area contributed by atoms with Gasteiger partial charge in [-0.25, -0.2) is 0 Å². The van der Waals surface area contributed by atoms with Gasteiger partial charge in [0, 0.05) is 16.3 Å². The Morgan fingerprint density at radius 1 is 0.714 bits per heavy atom. The van der Waals surface area contributed by atoms with Gasteiger partial charge in [0.05, 0.1) is 20.1 Å². The number of halogens is 5. The zero-order valence-electron chi connectivity index (χ0n) is 10.2. The second-order valence-corrected chi connectivity index (χ2v) is 6.16. The second kappa shape index (κ2) is 5.79. The second-order valence-electron chi connectivity index (χ2n) is 4.23. The Morgan fingerprint density at radius 3 is 2.10 bits per heavy atom. The van der Waals surface area contributed by atoms with E-state index in [4.69, 9.17) is 58.0 Å². The molecule has 0 bridgehead atoms. The van der Waals surface area contributed by atoms with Crippen molar-refractivity contribution in [3.05, 3.63) is 55.6 Å². The predicted molar refractivity (Wildman–Crippen MR) is 90.0 cm³/mol. The van der Waals surface area contributed by atoms with Crippen LogP contribution in [0.5, 0.6) is 0 Å². The van der Waals surface area contributed by atoms with Crippen molar-refractivity contribution in [1.82, 2.24) is 10.2 Å². The number of rotatable bonds is 1. The zero-order chi connectivity index (χ0) is 15.1. The van der Waals surface area contributed by atoms with Gasteiger partial charge in [0.15, 0.2) is 5.15 Å². The van der Waals surface area contributed by atoms with Crippen LogP contribution in [0, 0.1) is 0 Å². The first-order valence-corrected chi connectivity index (χ1v) is 7.64. The molecule has 0 amide bonds. The lowest BCUT2D eigenvalue weighted by Crippen LogP contribution is -1.94. The third kappa shape index (κ3) is 2.56. The van der Waals surface area contributed by atoms with Gasteiger partial charge in [-0.2, -0.15) is 0 Å². The Hall–Kier alpha value is -0.770. The molecule has 0 N–H and O–H groups in total. The smallest absolute Gasteiger partial charge is 0.148 e. The molecular formula is C14H5Cl5N2. The van der Waals surface area contributed by atoms with E-state index in [1.54, 1.807) is 0 Å². The molecule has 2 aromatic carbocycles. The summed E-state index contributed by atoms with van der Waals surface area (Å²) in [7, 11) is 0. The van der Waals surface area contributed by atoms with Crippen LogP contribution in [0.25, 0.3) is 22.0 Å². The number of benzene rings is 2. The minimum absolute atomic E-state index is 0.221. The average Bonchev–Trinajstić information content (AvgIpc) is 2.47. The Bertz CT molecular complexity index is 864. The number of nitrogens with zero attached hydrogens (tertiary/aromatic N) is 2. The number of hydrogen-bond donors (Lipinski definition) is 0. The molecule has 106 valence electrons. The molecule has 0 radical (unpaired) electrons. The fourth-order valence-electron chi connectivity index (χ4n) is 2.04. The maximum absolute atomic E-state index is 6.28. The van der Waals surface area contributed by atoms with Crippen LogP contribution >= 0.6 is 58.0 Å². The first-order chi connectivity index (χ1) is 10.0. The maximum Gasteiger partial charge on any atom is 0.159 e. The molecule has 1 aromatic heterocycles. The topological polar surface area (TPSA) is 25.8 Å². The summed E-state index contributed by atoms with van der Waals surface area (Å²) < 4.78 is 0. The van der Waals surface area contributed by atoms with Gasteiger partial charge in [-0.1, -0.05) is 82.3 Å². The van der Waals surface area contributed by atoms with Gasteiger partial charge in [-0.15, -0.1) is 10.2 Å². The van der Waals surface area contributed by atoms with Crippen molar-refractivity contribution in [3.63, 3.8) is 0 Å². The summed E-state index contributed by atoms with van der Waals surface area (Å²) >= 11 is 30.7. The van der Waals surface area contributed by atoms with Gasteiger partial charge in [0.25, 0.3) is 0 Å². The SMILES string of the molecule is Clc1cc(Cl)c(-c2nnc(Cl)c3ccccc23)c(Cl)c1Cl. The summed E-state index contributed by atoms with van der Waals surface area (Å²) in [4.78, 5) is 0. The quantitative estimate of drug-likeness (QED) is 0.354. The summed E-state index contributed by atoms with van der Waals surface area (Å²) in [6, 6.07) is 8.95. The molecule has 0 fully saturated rings. The highest BCUT2D eigenvalue weighted by atomic mass is 35.5. The van der Waals surface area contributed by atoms with Gasteiger partial charge < -0.3 is 0 Å². The molecule has 0 saturated heterocycles. The van der Waals surface area contributed by atoms with Crippen molar-refractivity contribution >= 4 is 68.8 Å². The molecular weight excluding hydrogens is 373 g/mol. The van der Waals surface area contributed by atoms with Crippen LogP contribution in [0.1, 0.15) is 0 Å². The Morgan fingerprint density at radius 2 is 1.38 bits per heavy atom. The van der Waals surface area contributed by atoms with Gasteiger partial charge in [0.2, 0.25) is 0 Å². The summed E-state index contributed by atoms with van der Waals surface area (Å²) in [5.74, 6) is 0. The first-order valence-electron chi connectivity index (χ1n) is 5.75. The maximum atomic E-state index is 6.28. The van der Waals surface area contributed by atoms with E-state index in [2.05, 4.69) is 10.2 Å². The van der Waals surface area contributed by atoms with Crippen LogP contribution < -0.4 is 0 Å². The zero-order valence-corrected chi connectivity index (χ0v) is 14.0. The normalized spacial score (nSPS) is 11.1. The molecule has 3 rings (SSSR count). The van der Waals surface area contributed by atoms with Crippen molar-refractivity contribution in [2.75, 3.05) is 0 Å². The van der Waals surface area contributed by atoms with Crippen LogP contribution in [-0.2, 0) is 0 Å². The van der Waals surface area contributed by atoms with Crippen LogP contribution in [0.2, 0.25) is 25.2 Å². The average molecular weight is 378 g/mol. The number of hydrogen-bond acceptors (Lipinski definition) is 2. The van der Waals surface area contributed by atoms with E-state index < -0.39 is 0 Å². The van der Waals surface area contributed by atoms with Gasteiger partial charge >= 0.3 is 0 Å². The third-order valence-electron chi connectivity index (χ3n) is 2.99. The minimum atomic E-state index is 0.221. The van der Waals surface area contributed by atoms with E-state index >= 15 is 0 Å². The monoisotopic (exact) mass is 376 g/mol. The van der Waals surface area contributed by atoms with Gasteiger partial charge in [-0.05, 0) is 6.07 Å². The van der Waals surface area contributed by atoms with Gasteiger partial charge in [0.1, 0.15) is 5.69 Å². The molecule has 7 heteroatoms. The summed E-state index contributed by atoms with van der Waals surface area (Å²) in [6.07, 6.45) is 0. The van der Waals surface area contributed by atoms with Crippen LogP contribution in [0.15, 0.2) is 30.3 Å². The third-order valence-corrected chi connectivity index (χ3v) is 4.83. The van der Waals surface area contributed by atoms with E-state index in [0.717, 1.165) is 10.8 Å². The van der Waals surface area contributed by atoms with E-state index in [-0.39, 0.29) is 15.1 Å². The summed E-state index contributed by atoms with van der Waals surface area (Å²) in [5, 5.41) is 11.0. The van der Waals surface area contributed by atoms with Crippen LogP contribution in [0.3, 0.4) is 0 Å². The highest BCUT2D eigenvalue weighted by molar-refractivity contribution is 6.51. The highest BCUT2D eigenvalue weighted by Gasteiger charge is 2.19. The first kappa shape index (κ1) is 15.1. The van der Waals surface area contributed by atoms with Crippen LogP contribution in [-0.4, -0.2) is 10.2 Å². The molecule has 0 aliphatic carbocycles. The van der Waals surface area contributed by atoms with Gasteiger partial charge in [-0.3, -0.25) is 0 Å². The van der Waals surface area contributed by atoms with E-state index in [0.29, 0.717) is 21.4 Å². The molecule has 3 aromatic rings. The van der Waals surface area contributed by atoms with E-state index in [1.807, 2.05) is 24.3 Å². The minimum Gasteiger partial charge on any atom is -0.148 e. The Labute approximate surface area is 145 Å². The number of aromatic nitrogens is 2. The lowest BCUT2D eigenvalue weighted by molar-refractivity contribution is 1.06. The molecule has 0 aliphatic rings. The fourth-order valence-corrected chi connectivity index (χ4v) is 3.33. The standard InChI is InChI=1S/C14H5Cl5N2/c15-8-5-9(16)11(17)12(18)10(8)13-6-3-1-2-4-7(6)14(19)21-20-13/h1-5H. The Kier molecular flexibility index (Phi) is 4.17. The summed E-state index contributed by atoms with van der Waals surface area (Å²) in [6.45, 7) is 0. The molecule has 0 unspecified atom stereocenters. The van der Waals surface area contributed by atoms with Crippen molar-refractivity contribution in [2.24, 2.45) is 0 Å². The fraction of sp³-hybridized carbons (Fsp3) is 0. The molecule has 0 atom stereocenters. The molecule has 21 heavy (non-hydrogen) atoms. The Balaban J connectivity index is 2.42. The van der Waals surface area contributed by atoms with Crippen molar-refractivity contribution in [1.29, 1.82) is 0 Å². The molecule has 0 aliphatic heterocycles. The van der Waals surface area contributed by atoms with Crippen molar-refractivity contribution in [3.8, 4) is 11.3 Å². The molecule has 0 spiro atoms. The van der Waals surface area contributed by atoms with E-state index in [1.165, 1.54) is 6.07 Å². The van der Waals surface area contributed by atoms with Crippen molar-refractivity contribution < 1.29 is 0 Å². The molecule has 2 nitrogen and oxygen atoms in total. The lowest BCUT2D eigenvalue weighted by Gasteiger charge is -2.11. The van der Waals surface area contributed by atoms with Crippen molar-refractivity contribution in [2.45, 2.75) is 0 Å². The summed E-state index contributed by atoms with van der Waals surface area (Å²) in [5.41, 5.74) is 0.983. The molecule has 1 heterocycles. The largest absolute Gasteiger partial charge is 0.159 e.